The maximum Gasteiger partial charge on any atom is 0.381 e. The van der Waals surface area contributed by atoms with Crippen molar-refractivity contribution in [1.29, 1.82) is 0 Å². The number of unbranched alkanes of at least 4 members (excludes halogenated alkanes) is 11. The van der Waals surface area contributed by atoms with E-state index in [-0.39, 0.29) is 0 Å². The van der Waals surface area contributed by atoms with Crippen LogP contribution in [0.2, 0.25) is 0 Å². The van der Waals surface area contributed by atoms with Gasteiger partial charge in [0.2, 0.25) is 0 Å². The van der Waals surface area contributed by atoms with Crippen LogP contribution < -0.4 is 0 Å². The molecular weight excluding hydrogens is 260 g/mol. The van der Waals surface area contributed by atoms with Crippen LogP contribution in [0.15, 0.2) is 0 Å². The summed E-state index contributed by atoms with van der Waals surface area (Å²) < 4.78 is 0. The van der Waals surface area contributed by atoms with Crippen molar-refractivity contribution in [2.75, 3.05) is 0 Å². The first-order valence-electron chi connectivity index (χ1n) is 8.45. The number of rotatable bonds is 11. The Kier molecular flexibility index (Phi) is 15.5. The largest absolute Gasteiger partial charge is 0.472 e. The van der Waals surface area contributed by atoms with E-state index in [1.165, 1.54) is 64.2 Å². The summed E-state index contributed by atoms with van der Waals surface area (Å²) in [5.74, 6) is 9.78. The molecule has 0 bridgehead atoms. The molecule has 0 unspecified atom stereocenters. The van der Waals surface area contributed by atoms with Crippen molar-refractivity contribution < 1.29 is 9.90 Å². The Morgan fingerprint density at radius 3 is 1.76 bits per heavy atom. The summed E-state index contributed by atoms with van der Waals surface area (Å²) >= 11 is 0. The summed E-state index contributed by atoms with van der Waals surface area (Å²) in [7, 11) is 0. The summed E-state index contributed by atoms with van der Waals surface area (Å²) in [5.41, 5.74) is 0. The molecule has 0 aromatic heterocycles. The highest BCUT2D eigenvalue weighted by molar-refractivity contribution is 5.86. The average Bonchev–Trinajstić information content (AvgIpc) is 2.46. The summed E-state index contributed by atoms with van der Waals surface area (Å²) in [6.07, 6.45) is 15.7. The molecular formula is C19H30O2. The number of hydrogen-bond donors (Lipinski definition) is 1. The summed E-state index contributed by atoms with van der Waals surface area (Å²) in [6, 6.07) is 0. The molecule has 0 atom stereocenters. The molecule has 0 spiro atoms. The molecule has 0 aliphatic rings. The Bertz CT molecular complexity index is 362. The third kappa shape index (κ3) is 18.6. The molecule has 2 nitrogen and oxygen atoms in total. The van der Waals surface area contributed by atoms with Crippen molar-refractivity contribution in [1.82, 2.24) is 0 Å². The van der Waals surface area contributed by atoms with Crippen LogP contribution in [0.1, 0.15) is 90.4 Å². The average molecular weight is 290 g/mol. The monoisotopic (exact) mass is 290 g/mol. The highest BCUT2D eigenvalue weighted by atomic mass is 16.4. The topological polar surface area (TPSA) is 37.3 Å². The molecule has 0 aromatic carbocycles. The first-order valence-corrected chi connectivity index (χ1v) is 8.45. The molecule has 0 rings (SSSR count). The van der Waals surface area contributed by atoms with Crippen LogP contribution in [-0.4, -0.2) is 11.1 Å². The molecule has 118 valence electrons. The number of aliphatic carboxylic acids is 1. The van der Waals surface area contributed by atoms with Crippen molar-refractivity contribution >= 4 is 5.97 Å². The first-order chi connectivity index (χ1) is 10.3. The number of carbonyl (C=O) groups is 1. The highest BCUT2D eigenvalue weighted by Gasteiger charge is 1.91. The van der Waals surface area contributed by atoms with Gasteiger partial charge in [0.1, 0.15) is 0 Å². The molecule has 0 heterocycles. The zero-order valence-corrected chi connectivity index (χ0v) is 13.5. The second-order valence-corrected chi connectivity index (χ2v) is 5.39. The lowest BCUT2D eigenvalue weighted by Crippen LogP contribution is -1.86. The molecule has 21 heavy (non-hydrogen) atoms. The Labute approximate surface area is 130 Å². The number of carboxylic acid groups (broad SMARTS) is 1. The zero-order valence-electron chi connectivity index (χ0n) is 13.5. The van der Waals surface area contributed by atoms with Gasteiger partial charge >= 0.3 is 5.97 Å². The standard InChI is InChI=1S/C19H30O2/c1-2-3-4-5-6-7-8-9-10-11-12-13-14-15-16-17-18-19(20)21/h2-12,15-16H2,1H3,(H,20,21). The van der Waals surface area contributed by atoms with Crippen molar-refractivity contribution in [3.05, 3.63) is 0 Å². The Morgan fingerprint density at radius 1 is 0.714 bits per heavy atom. The van der Waals surface area contributed by atoms with Gasteiger partial charge in [-0.3, -0.25) is 0 Å². The van der Waals surface area contributed by atoms with Crippen LogP contribution in [0.3, 0.4) is 0 Å². The maximum absolute atomic E-state index is 10.1. The van der Waals surface area contributed by atoms with E-state index in [0.29, 0.717) is 12.8 Å². The molecule has 0 aliphatic carbocycles. The lowest BCUT2D eigenvalue weighted by atomic mass is 10.1. The molecule has 0 aliphatic heterocycles. The van der Waals surface area contributed by atoms with E-state index in [1.54, 1.807) is 0 Å². The van der Waals surface area contributed by atoms with Gasteiger partial charge in [0.15, 0.2) is 0 Å². The van der Waals surface area contributed by atoms with Crippen LogP contribution in [0.25, 0.3) is 0 Å². The van der Waals surface area contributed by atoms with Crippen LogP contribution in [0, 0.1) is 23.7 Å². The molecule has 0 amide bonds. The van der Waals surface area contributed by atoms with Gasteiger partial charge in [0.25, 0.3) is 0 Å². The fourth-order valence-electron chi connectivity index (χ4n) is 2.14. The third-order valence-corrected chi connectivity index (χ3v) is 3.35. The predicted octanol–water partition coefficient (Wildman–Crippen LogP) is 5.17. The number of hydrogen-bond acceptors (Lipinski definition) is 1. The van der Waals surface area contributed by atoms with E-state index in [0.717, 1.165) is 6.42 Å². The fourth-order valence-corrected chi connectivity index (χ4v) is 2.14. The van der Waals surface area contributed by atoms with Gasteiger partial charge in [-0.1, -0.05) is 70.6 Å². The minimum atomic E-state index is -1.06. The summed E-state index contributed by atoms with van der Waals surface area (Å²) in [6.45, 7) is 2.26. The Morgan fingerprint density at radius 2 is 1.19 bits per heavy atom. The molecule has 0 radical (unpaired) electrons. The highest BCUT2D eigenvalue weighted by Crippen LogP contribution is 2.10. The minimum absolute atomic E-state index is 0.553. The quantitative estimate of drug-likeness (QED) is 0.421. The SMILES string of the molecule is CCCCCCCCCCCCC#CCCC#CC(=O)O. The smallest absolute Gasteiger partial charge is 0.381 e. The maximum atomic E-state index is 10.1. The first kappa shape index (κ1) is 19.6. The molecule has 0 aromatic rings. The molecule has 1 N–H and O–H groups in total. The van der Waals surface area contributed by atoms with E-state index in [2.05, 4.69) is 30.6 Å². The van der Waals surface area contributed by atoms with Gasteiger partial charge in [0, 0.05) is 25.2 Å². The van der Waals surface area contributed by atoms with Crippen molar-refractivity contribution in [2.24, 2.45) is 0 Å². The van der Waals surface area contributed by atoms with Crippen molar-refractivity contribution in [3.8, 4) is 23.7 Å². The van der Waals surface area contributed by atoms with Gasteiger partial charge in [-0.2, -0.15) is 0 Å². The lowest BCUT2D eigenvalue weighted by molar-refractivity contribution is -0.130. The van der Waals surface area contributed by atoms with Gasteiger partial charge in [-0.05, 0) is 6.42 Å². The molecule has 2 heteroatoms. The minimum Gasteiger partial charge on any atom is -0.472 e. The Hall–Kier alpha value is -1.41. The summed E-state index contributed by atoms with van der Waals surface area (Å²) in [4.78, 5) is 10.1. The van der Waals surface area contributed by atoms with Gasteiger partial charge in [0.05, 0.1) is 0 Å². The van der Waals surface area contributed by atoms with Gasteiger partial charge in [-0.15, -0.1) is 11.8 Å². The van der Waals surface area contributed by atoms with Crippen molar-refractivity contribution in [2.45, 2.75) is 90.4 Å². The molecule has 0 saturated carbocycles. The van der Waals surface area contributed by atoms with Crippen molar-refractivity contribution in [3.63, 3.8) is 0 Å². The van der Waals surface area contributed by atoms with Crippen LogP contribution in [0.4, 0.5) is 0 Å². The molecule has 0 saturated heterocycles. The van der Waals surface area contributed by atoms with Crippen LogP contribution >= 0.6 is 0 Å². The van der Waals surface area contributed by atoms with Crippen LogP contribution in [0.5, 0.6) is 0 Å². The van der Waals surface area contributed by atoms with E-state index in [9.17, 15) is 4.79 Å². The van der Waals surface area contributed by atoms with E-state index in [4.69, 9.17) is 5.11 Å². The van der Waals surface area contributed by atoms with E-state index >= 15 is 0 Å². The lowest BCUT2D eigenvalue weighted by Gasteiger charge is -2.00. The van der Waals surface area contributed by atoms with Crippen LogP contribution in [-0.2, 0) is 4.79 Å². The second-order valence-electron chi connectivity index (χ2n) is 5.39. The zero-order chi connectivity index (χ0) is 15.6. The predicted molar refractivity (Wildman–Crippen MR) is 88.9 cm³/mol. The normalized spacial score (nSPS) is 9.38. The van der Waals surface area contributed by atoms with E-state index < -0.39 is 5.97 Å². The van der Waals surface area contributed by atoms with Gasteiger partial charge in [-0.25, -0.2) is 4.79 Å². The number of carboxylic acids is 1. The summed E-state index contributed by atoms with van der Waals surface area (Å²) in [5, 5.41) is 8.32. The van der Waals surface area contributed by atoms with E-state index in [1.807, 2.05) is 0 Å². The molecule has 0 fully saturated rings. The fraction of sp³-hybridized carbons (Fsp3) is 0.737. The van der Waals surface area contributed by atoms with Gasteiger partial charge < -0.3 is 5.11 Å². The third-order valence-electron chi connectivity index (χ3n) is 3.35. The second kappa shape index (κ2) is 16.6. The Balaban J connectivity index is 3.19.